The average molecular weight is 440 g/mol. The van der Waals surface area contributed by atoms with Gasteiger partial charge in [-0.1, -0.05) is 181 Å². The van der Waals surface area contributed by atoms with Crippen LogP contribution in [-0.2, 0) is 0 Å². The number of unbranched alkanes of at least 4 members (excludes halogenated alkanes) is 24. The van der Waals surface area contributed by atoms with Crippen molar-refractivity contribution >= 4 is 0 Å². The summed E-state index contributed by atoms with van der Waals surface area (Å²) in [6.07, 6.45) is 37.3. The van der Waals surface area contributed by atoms with Crippen LogP contribution >= 0.6 is 0 Å². The van der Waals surface area contributed by atoms with Crippen molar-refractivity contribution in [2.24, 2.45) is 5.73 Å². The van der Waals surface area contributed by atoms with E-state index in [9.17, 15) is 0 Å². The molecule has 0 fully saturated rings. The van der Waals surface area contributed by atoms with Crippen LogP contribution in [0.25, 0.3) is 0 Å². The minimum Gasteiger partial charge on any atom is -0.330 e. The largest absolute Gasteiger partial charge is 0.330 e. The van der Waals surface area contributed by atoms with Gasteiger partial charge in [-0.2, -0.15) is 0 Å². The van der Waals surface area contributed by atoms with E-state index >= 15 is 0 Å². The zero-order chi connectivity index (χ0) is 23.1. The average Bonchev–Trinajstić information content (AvgIpc) is 2.79. The van der Waals surface area contributed by atoms with E-state index in [-0.39, 0.29) is 0 Å². The van der Waals surface area contributed by atoms with Gasteiger partial charge in [0.2, 0.25) is 0 Å². The fourth-order valence-electron chi connectivity index (χ4n) is 4.25. The standard InChI is InChI=1S/C15H33N.C15H32/c1-2-3-4-5-6-7-8-9-10-11-12-13-14-15-16;1-3-5-7-9-11-13-15-14-12-10-8-6-4-2/h2-16H2,1H3;3-15H2,1-2H3. The summed E-state index contributed by atoms with van der Waals surface area (Å²) in [5, 5.41) is 0. The van der Waals surface area contributed by atoms with E-state index in [2.05, 4.69) is 20.8 Å². The van der Waals surface area contributed by atoms with Crippen LogP contribution < -0.4 is 5.73 Å². The number of hydrogen-bond acceptors (Lipinski definition) is 1. The lowest BCUT2D eigenvalue weighted by Gasteiger charge is -2.02. The quantitative estimate of drug-likeness (QED) is 0.141. The van der Waals surface area contributed by atoms with E-state index < -0.39 is 0 Å². The van der Waals surface area contributed by atoms with Crippen molar-refractivity contribution in [3.8, 4) is 0 Å². The first-order valence-electron chi connectivity index (χ1n) is 15.0. The Morgan fingerprint density at radius 3 is 0.581 bits per heavy atom. The third-order valence-electron chi connectivity index (χ3n) is 6.51. The number of rotatable bonds is 25. The summed E-state index contributed by atoms with van der Waals surface area (Å²) in [7, 11) is 0. The van der Waals surface area contributed by atoms with Crippen molar-refractivity contribution in [1.82, 2.24) is 0 Å². The fourth-order valence-corrected chi connectivity index (χ4v) is 4.25. The second-order valence-corrected chi connectivity index (χ2v) is 9.92. The zero-order valence-corrected chi connectivity index (χ0v) is 22.7. The molecule has 0 unspecified atom stereocenters. The van der Waals surface area contributed by atoms with Gasteiger partial charge in [-0.3, -0.25) is 0 Å². The van der Waals surface area contributed by atoms with Gasteiger partial charge in [0.05, 0.1) is 0 Å². The lowest BCUT2D eigenvalue weighted by Crippen LogP contribution is -1.97. The van der Waals surface area contributed by atoms with Crippen LogP contribution in [0.1, 0.15) is 188 Å². The van der Waals surface area contributed by atoms with Gasteiger partial charge >= 0.3 is 0 Å². The molecule has 0 heterocycles. The SMILES string of the molecule is CCCCCCCCCCCCCCC.CCCCCCCCCCCCCCCN. The first kappa shape index (κ1) is 33.1. The van der Waals surface area contributed by atoms with E-state index in [1.165, 1.54) is 167 Å². The highest BCUT2D eigenvalue weighted by Gasteiger charge is 1.93. The first-order valence-corrected chi connectivity index (χ1v) is 15.0. The molecule has 0 aliphatic rings. The van der Waals surface area contributed by atoms with E-state index in [0.717, 1.165) is 6.54 Å². The van der Waals surface area contributed by atoms with Gasteiger partial charge in [-0.25, -0.2) is 0 Å². The van der Waals surface area contributed by atoms with Gasteiger partial charge in [-0.15, -0.1) is 0 Å². The molecule has 0 aromatic heterocycles. The normalized spacial score (nSPS) is 10.8. The molecule has 1 nitrogen and oxygen atoms in total. The van der Waals surface area contributed by atoms with Crippen LogP contribution in [0.15, 0.2) is 0 Å². The third-order valence-corrected chi connectivity index (χ3v) is 6.51. The molecule has 190 valence electrons. The molecule has 0 saturated heterocycles. The lowest BCUT2D eigenvalue weighted by molar-refractivity contribution is 0.540. The molecule has 0 radical (unpaired) electrons. The predicted octanol–water partition coefficient (Wildman–Crippen LogP) is 11.1. The molecule has 31 heavy (non-hydrogen) atoms. The summed E-state index contributed by atoms with van der Waals surface area (Å²) >= 11 is 0. The van der Waals surface area contributed by atoms with Crippen molar-refractivity contribution in [1.29, 1.82) is 0 Å². The summed E-state index contributed by atoms with van der Waals surface area (Å²) in [6, 6.07) is 0. The Morgan fingerprint density at radius 1 is 0.258 bits per heavy atom. The Morgan fingerprint density at radius 2 is 0.419 bits per heavy atom. The molecule has 0 bridgehead atoms. The van der Waals surface area contributed by atoms with Crippen molar-refractivity contribution in [2.75, 3.05) is 6.54 Å². The summed E-state index contributed by atoms with van der Waals surface area (Å²) in [5.41, 5.74) is 5.46. The maximum atomic E-state index is 5.46. The second kappa shape index (κ2) is 34.6. The Kier molecular flexibility index (Phi) is 37.0. The van der Waals surface area contributed by atoms with Crippen LogP contribution in [0.5, 0.6) is 0 Å². The summed E-state index contributed by atoms with van der Waals surface area (Å²) < 4.78 is 0. The highest BCUT2D eigenvalue weighted by atomic mass is 14.5. The van der Waals surface area contributed by atoms with Gasteiger partial charge in [-0.05, 0) is 13.0 Å². The molecule has 0 aliphatic heterocycles. The summed E-state index contributed by atoms with van der Waals surface area (Å²) in [4.78, 5) is 0. The Labute approximate surface area is 200 Å². The van der Waals surface area contributed by atoms with Crippen LogP contribution in [-0.4, -0.2) is 6.54 Å². The van der Waals surface area contributed by atoms with Gasteiger partial charge in [0.1, 0.15) is 0 Å². The van der Waals surface area contributed by atoms with Gasteiger partial charge in [0.25, 0.3) is 0 Å². The number of nitrogens with two attached hydrogens (primary N) is 1. The third kappa shape index (κ3) is 37.6. The van der Waals surface area contributed by atoms with Crippen molar-refractivity contribution in [2.45, 2.75) is 188 Å². The predicted molar refractivity (Wildman–Crippen MR) is 146 cm³/mol. The molecule has 0 aromatic carbocycles. The van der Waals surface area contributed by atoms with E-state index in [1.807, 2.05) is 0 Å². The Balaban J connectivity index is 0. The minimum absolute atomic E-state index is 0.873. The first-order chi connectivity index (χ1) is 15.3. The van der Waals surface area contributed by atoms with Gasteiger partial charge in [0.15, 0.2) is 0 Å². The second-order valence-electron chi connectivity index (χ2n) is 9.92. The molecule has 0 saturated carbocycles. The lowest BCUT2D eigenvalue weighted by atomic mass is 10.0. The van der Waals surface area contributed by atoms with Crippen molar-refractivity contribution < 1.29 is 0 Å². The van der Waals surface area contributed by atoms with E-state index in [0.29, 0.717) is 0 Å². The topological polar surface area (TPSA) is 26.0 Å². The number of hydrogen-bond donors (Lipinski definition) is 1. The fraction of sp³-hybridized carbons (Fsp3) is 1.00. The minimum atomic E-state index is 0.873. The molecule has 0 aliphatic carbocycles. The monoisotopic (exact) mass is 440 g/mol. The van der Waals surface area contributed by atoms with E-state index in [1.54, 1.807) is 0 Å². The smallest absolute Gasteiger partial charge is 0.00773 e. The molecule has 0 spiro atoms. The van der Waals surface area contributed by atoms with Crippen LogP contribution in [0.3, 0.4) is 0 Å². The Hall–Kier alpha value is -0.0400. The van der Waals surface area contributed by atoms with E-state index in [4.69, 9.17) is 5.73 Å². The van der Waals surface area contributed by atoms with Crippen molar-refractivity contribution in [3.05, 3.63) is 0 Å². The molecule has 0 rings (SSSR count). The Bertz CT molecular complexity index is 237. The zero-order valence-electron chi connectivity index (χ0n) is 22.7. The molecular weight excluding hydrogens is 374 g/mol. The van der Waals surface area contributed by atoms with Gasteiger partial charge < -0.3 is 5.73 Å². The molecule has 2 N–H and O–H groups in total. The summed E-state index contributed by atoms with van der Waals surface area (Å²) in [6.45, 7) is 7.73. The van der Waals surface area contributed by atoms with Gasteiger partial charge in [0, 0.05) is 0 Å². The maximum absolute atomic E-state index is 5.46. The molecular formula is C30H65N. The van der Waals surface area contributed by atoms with Crippen LogP contribution in [0.4, 0.5) is 0 Å². The molecule has 0 amide bonds. The maximum Gasteiger partial charge on any atom is -0.00773 e. The highest BCUT2D eigenvalue weighted by Crippen LogP contribution is 2.13. The molecule has 1 heteroatoms. The van der Waals surface area contributed by atoms with Crippen molar-refractivity contribution in [3.63, 3.8) is 0 Å². The van der Waals surface area contributed by atoms with Crippen LogP contribution in [0, 0.1) is 0 Å². The molecule has 0 aromatic rings. The molecule has 0 atom stereocenters. The van der Waals surface area contributed by atoms with Crippen LogP contribution in [0.2, 0.25) is 0 Å². The highest BCUT2D eigenvalue weighted by molar-refractivity contribution is 4.49. The summed E-state index contributed by atoms with van der Waals surface area (Å²) in [5.74, 6) is 0.